The Morgan fingerprint density at radius 2 is 2.17 bits per heavy atom. The van der Waals surface area contributed by atoms with Crippen molar-refractivity contribution in [3.8, 4) is 0 Å². The average Bonchev–Trinajstić information content (AvgIpc) is 2.37. The van der Waals surface area contributed by atoms with Crippen LogP contribution in [-0.2, 0) is 19.1 Å². The number of ether oxygens (including phenoxy) is 2. The Labute approximate surface area is 107 Å². The summed E-state index contributed by atoms with van der Waals surface area (Å²) in [5.74, 6) is -0.456. The molecule has 2 atom stereocenters. The first-order valence-corrected chi connectivity index (χ1v) is 6.26. The zero-order valence-corrected chi connectivity index (χ0v) is 10.9. The lowest BCUT2D eigenvalue weighted by atomic mass is 10.1. The summed E-state index contributed by atoms with van der Waals surface area (Å²) in [7, 11) is 0. The van der Waals surface area contributed by atoms with Crippen molar-refractivity contribution in [1.29, 1.82) is 0 Å². The van der Waals surface area contributed by atoms with Gasteiger partial charge in [-0.25, -0.2) is 0 Å². The van der Waals surface area contributed by atoms with Crippen LogP contribution in [-0.4, -0.2) is 60.4 Å². The van der Waals surface area contributed by atoms with E-state index in [0.29, 0.717) is 19.8 Å². The van der Waals surface area contributed by atoms with Crippen molar-refractivity contribution < 1.29 is 24.2 Å². The largest absolute Gasteiger partial charge is 0.466 e. The lowest BCUT2D eigenvalue weighted by Crippen LogP contribution is -2.52. The molecule has 0 aromatic carbocycles. The molecule has 0 spiro atoms. The van der Waals surface area contributed by atoms with Crippen molar-refractivity contribution >= 4 is 11.9 Å². The van der Waals surface area contributed by atoms with Crippen molar-refractivity contribution in [2.75, 3.05) is 26.4 Å². The zero-order chi connectivity index (χ0) is 13.5. The number of aliphatic hydroxyl groups is 1. The second kappa shape index (κ2) is 7.33. The van der Waals surface area contributed by atoms with Crippen molar-refractivity contribution in [1.82, 2.24) is 4.90 Å². The highest BCUT2D eigenvalue weighted by atomic mass is 16.5. The number of amides is 1. The van der Waals surface area contributed by atoms with Gasteiger partial charge in [-0.2, -0.15) is 0 Å². The van der Waals surface area contributed by atoms with Crippen LogP contribution in [0.4, 0.5) is 0 Å². The number of hydrogen-bond donors (Lipinski definition) is 1. The van der Waals surface area contributed by atoms with E-state index in [1.165, 1.54) is 0 Å². The summed E-state index contributed by atoms with van der Waals surface area (Å²) in [6.07, 6.45) is -0.0882. The van der Waals surface area contributed by atoms with Gasteiger partial charge in [-0.3, -0.25) is 9.59 Å². The molecule has 0 bridgehead atoms. The fraction of sp³-hybridized carbons (Fsp3) is 0.833. The van der Waals surface area contributed by atoms with Gasteiger partial charge in [0, 0.05) is 13.0 Å². The average molecular weight is 259 g/mol. The third kappa shape index (κ3) is 4.27. The molecule has 0 aromatic rings. The summed E-state index contributed by atoms with van der Waals surface area (Å²) >= 11 is 0. The second-order valence-electron chi connectivity index (χ2n) is 4.34. The van der Waals surface area contributed by atoms with Crippen molar-refractivity contribution in [3.05, 3.63) is 0 Å². The Balaban J connectivity index is 2.41. The number of aliphatic hydroxyl groups excluding tert-OH is 1. The molecule has 18 heavy (non-hydrogen) atoms. The van der Waals surface area contributed by atoms with Crippen molar-refractivity contribution in [3.63, 3.8) is 0 Å². The summed E-state index contributed by atoms with van der Waals surface area (Å²) in [5, 5.41) is 9.03. The molecule has 1 aliphatic rings. The molecule has 1 fully saturated rings. The van der Waals surface area contributed by atoms with Gasteiger partial charge in [0.15, 0.2) is 0 Å². The standard InChI is InChI=1S/C12H21NO5/c1-3-17-12(16)5-4-11(15)13-6-10(7-14)18-8-9(13)2/h9-10,14H,3-8H2,1-2H3. The summed E-state index contributed by atoms with van der Waals surface area (Å²) in [5.41, 5.74) is 0. The molecule has 0 aliphatic carbocycles. The summed E-state index contributed by atoms with van der Waals surface area (Å²) in [6, 6.07) is -0.0255. The van der Waals surface area contributed by atoms with E-state index in [-0.39, 0.29) is 43.5 Å². The van der Waals surface area contributed by atoms with E-state index in [2.05, 4.69) is 0 Å². The molecule has 6 heteroatoms. The number of morpholine rings is 1. The number of carbonyl (C=O) groups excluding carboxylic acids is 2. The van der Waals surface area contributed by atoms with Crippen LogP contribution in [0, 0.1) is 0 Å². The molecule has 0 aromatic heterocycles. The smallest absolute Gasteiger partial charge is 0.306 e. The fourth-order valence-corrected chi connectivity index (χ4v) is 1.86. The summed E-state index contributed by atoms with van der Waals surface area (Å²) < 4.78 is 10.1. The SMILES string of the molecule is CCOC(=O)CCC(=O)N1CC(CO)OCC1C. The van der Waals surface area contributed by atoms with Gasteiger partial charge in [-0.15, -0.1) is 0 Å². The first-order valence-electron chi connectivity index (χ1n) is 6.26. The number of carbonyl (C=O) groups is 2. The normalized spacial score (nSPS) is 23.8. The molecule has 0 radical (unpaired) electrons. The molecule has 6 nitrogen and oxygen atoms in total. The van der Waals surface area contributed by atoms with E-state index in [1.54, 1.807) is 11.8 Å². The van der Waals surface area contributed by atoms with E-state index in [1.807, 2.05) is 6.92 Å². The Morgan fingerprint density at radius 3 is 2.78 bits per heavy atom. The van der Waals surface area contributed by atoms with E-state index >= 15 is 0 Å². The van der Waals surface area contributed by atoms with E-state index in [9.17, 15) is 9.59 Å². The van der Waals surface area contributed by atoms with E-state index < -0.39 is 0 Å². The van der Waals surface area contributed by atoms with E-state index in [4.69, 9.17) is 14.6 Å². The van der Waals surface area contributed by atoms with Gasteiger partial charge in [0.05, 0.1) is 38.4 Å². The first-order chi connectivity index (χ1) is 8.58. The zero-order valence-electron chi connectivity index (χ0n) is 10.9. The van der Waals surface area contributed by atoms with Gasteiger partial charge in [0.2, 0.25) is 5.91 Å². The van der Waals surface area contributed by atoms with Crippen molar-refractivity contribution in [2.45, 2.75) is 38.8 Å². The maximum absolute atomic E-state index is 12.0. The molecule has 104 valence electrons. The Bertz CT molecular complexity index is 294. The Hall–Kier alpha value is -1.14. The topological polar surface area (TPSA) is 76.1 Å². The van der Waals surface area contributed by atoms with Gasteiger partial charge >= 0.3 is 5.97 Å². The summed E-state index contributed by atoms with van der Waals surface area (Å²) in [4.78, 5) is 24.8. The minimum absolute atomic E-state index is 0.0255. The van der Waals surface area contributed by atoms with Crippen LogP contribution in [0.2, 0.25) is 0 Å². The fourth-order valence-electron chi connectivity index (χ4n) is 1.86. The second-order valence-corrected chi connectivity index (χ2v) is 4.34. The lowest BCUT2D eigenvalue weighted by molar-refractivity contribution is -0.151. The first kappa shape index (κ1) is 14.9. The molecule has 1 saturated heterocycles. The van der Waals surface area contributed by atoms with Gasteiger partial charge in [0.25, 0.3) is 0 Å². The molecule has 2 unspecified atom stereocenters. The third-order valence-corrected chi connectivity index (χ3v) is 2.88. The number of esters is 1. The summed E-state index contributed by atoms with van der Waals surface area (Å²) in [6.45, 7) is 4.63. The van der Waals surface area contributed by atoms with Gasteiger partial charge in [-0.05, 0) is 13.8 Å². The van der Waals surface area contributed by atoms with Crippen LogP contribution in [0.5, 0.6) is 0 Å². The van der Waals surface area contributed by atoms with Crippen LogP contribution in [0.15, 0.2) is 0 Å². The molecule has 0 saturated carbocycles. The predicted octanol–water partition coefficient (Wildman–Crippen LogP) is -0.0621. The maximum atomic E-state index is 12.0. The van der Waals surface area contributed by atoms with E-state index in [0.717, 1.165) is 0 Å². The number of hydrogen-bond acceptors (Lipinski definition) is 5. The minimum atomic E-state index is -0.356. The third-order valence-electron chi connectivity index (χ3n) is 2.88. The predicted molar refractivity (Wildman–Crippen MR) is 63.9 cm³/mol. The monoisotopic (exact) mass is 259 g/mol. The molecule has 1 amide bonds. The number of nitrogens with zero attached hydrogens (tertiary/aromatic N) is 1. The lowest BCUT2D eigenvalue weighted by Gasteiger charge is -2.37. The molecule has 1 aliphatic heterocycles. The number of rotatable bonds is 5. The maximum Gasteiger partial charge on any atom is 0.306 e. The van der Waals surface area contributed by atoms with Gasteiger partial charge < -0.3 is 19.5 Å². The Morgan fingerprint density at radius 1 is 1.44 bits per heavy atom. The van der Waals surface area contributed by atoms with Crippen LogP contribution in [0.1, 0.15) is 26.7 Å². The molecule has 1 rings (SSSR count). The minimum Gasteiger partial charge on any atom is -0.466 e. The highest BCUT2D eigenvalue weighted by Crippen LogP contribution is 2.13. The molecular weight excluding hydrogens is 238 g/mol. The molecule has 1 N–H and O–H groups in total. The Kier molecular flexibility index (Phi) is 6.07. The van der Waals surface area contributed by atoms with Crippen LogP contribution in [0.25, 0.3) is 0 Å². The van der Waals surface area contributed by atoms with Gasteiger partial charge in [-0.1, -0.05) is 0 Å². The van der Waals surface area contributed by atoms with Crippen LogP contribution in [0.3, 0.4) is 0 Å². The molecule has 1 heterocycles. The van der Waals surface area contributed by atoms with Crippen molar-refractivity contribution in [2.24, 2.45) is 0 Å². The quantitative estimate of drug-likeness (QED) is 0.700. The molecular formula is C12H21NO5. The van der Waals surface area contributed by atoms with Gasteiger partial charge in [0.1, 0.15) is 0 Å². The highest BCUT2D eigenvalue weighted by Gasteiger charge is 2.29. The van der Waals surface area contributed by atoms with Crippen LogP contribution < -0.4 is 0 Å². The van der Waals surface area contributed by atoms with Crippen LogP contribution >= 0.6 is 0 Å². The highest BCUT2D eigenvalue weighted by molar-refractivity contribution is 5.81.